The molecule has 152 valence electrons. The largest absolute Gasteiger partial charge is 0.316 e. The van der Waals surface area contributed by atoms with E-state index in [1.54, 1.807) is 0 Å². The van der Waals surface area contributed by atoms with E-state index in [4.69, 9.17) is 4.98 Å². The molecular formula is C24H28BrN3O. The Morgan fingerprint density at radius 2 is 1.97 bits per heavy atom. The van der Waals surface area contributed by atoms with Crippen LogP contribution in [0.25, 0.3) is 11.0 Å². The van der Waals surface area contributed by atoms with Crippen molar-refractivity contribution in [3.8, 4) is 0 Å². The number of hydrogen-bond donors (Lipinski definition) is 0. The van der Waals surface area contributed by atoms with Crippen LogP contribution in [0.3, 0.4) is 0 Å². The van der Waals surface area contributed by atoms with E-state index in [0.717, 1.165) is 47.1 Å². The van der Waals surface area contributed by atoms with Gasteiger partial charge in [-0.1, -0.05) is 48.2 Å². The van der Waals surface area contributed by atoms with Crippen molar-refractivity contribution in [1.29, 1.82) is 0 Å². The van der Waals surface area contributed by atoms with Crippen LogP contribution in [0.1, 0.15) is 68.4 Å². The molecule has 5 heteroatoms. The first kappa shape index (κ1) is 19.1. The second-order valence-corrected chi connectivity index (χ2v) is 9.58. The Bertz CT molecular complexity index is 1110. The Balaban J connectivity index is 1.61. The summed E-state index contributed by atoms with van der Waals surface area (Å²) in [5, 5.41) is 0. The van der Waals surface area contributed by atoms with Crippen LogP contribution in [0.2, 0.25) is 0 Å². The fourth-order valence-corrected chi connectivity index (χ4v) is 5.81. The lowest BCUT2D eigenvalue weighted by molar-refractivity contribution is 0.316. The summed E-state index contributed by atoms with van der Waals surface area (Å²) in [6.07, 6.45) is 11.3. The van der Waals surface area contributed by atoms with Gasteiger partial charge in [0.05, 0.1) is 11.6 Å². The van der Waals surface area contributed by atoms with Crippen LogP contribution in [0, 0.1) is 5.92 Å². The number of nitrogens with zero attached hydrogens (tertiary/aromatic N) is 3. The molecule has 2 heterocycles. The minimum Gasteiger partial charge on any atom is -0.316 e. The molecule has 1 fully saturated rings. The molecule has 2 aliphatic carbocycles. The zero-order valence-corrected chi connectivity index (χ0v) is 18.6. The van der Waals surface area contributed by atoms with Gasteiger partial charge in [0.1, 0.15) is 11.3 Å². The number of aromatic nitrogens is 3. The molecule has 2 aromatic heterocycles. The molecule has 0 aliphatic heterocycles. The fraction of sp³-hybridized carbons (Fsp3) is 0.500. The summed E-state index contributed by atoms with van der Waals surface area (Å²) < 4.78 is 5.33. The number of aryl methyl sites for hydroxylation is 2. The lowest BCUT2D eigenvalue weighted by Crippen LogP contribution is -2.27. The van der Waals surface area contributed by atoms with E-state index in [0.29, 0.717) is 5.92 Å². The highest BCUT2D eigenvalue weighted by molar-refractivity contribution is 9.10. The smallest absolute Gasteiger partial charge is 0.276 e. The normalized spacial score (nSPS) is 19.7. The number of benzene rings is 1. The van der Waals surface area contributed by atoms with Crippen molar-refractivity contribution in [3.05, 3.63) is 62.2 Å². The van der Waals surface area contributed by atoms with Crippen molar-refractivity contribution in [2.45, 2.75) is 70.9 Å². The third-order valence-corrected chi connectivity index (χ3v) is 7.34. The van der Waals surface area contributed by atoms with E-state index in [1.807, 2.05) is 16.8 Å². The van der Waals surface area contributed by atoms with Crippen LogP contribution in [0.4, 0.5) is 0 Å². The van der Waals surface area contributed by atoms with E-state index in [9.17, 15) is 4.79 Å². The first-order valence-electron chi connectivity index (χ1n) is 11.0. The zero-order valence-electron chi connectivity index (χ0n) is 17.0. The SMILES string of the molecule is CCc1nc2ccn(CC3CCCCC3)c(=O)c2n1[C@H]1CCc2cc(Br)ccc21. The van der Waals surface area contributed by atoms with E-state index in [-0.39, 0.29) is 11.6 Å². The predicted molar refractivity (Wildman–Crippen MR) is 121 cm³/mol. The van der Waals surface area contributed by atoms with Gasteiger partial charge in [-0.2, -0.15) is 0 Å². The molecule has 0 unspecified atom stereocenters. The molecule has 0 bridgehead atoms. The van der Waals surface area contributed by atoms with Crippen LogP contribution in [-0.2, 0) is 19.4 Å². The van der Waals surface area contributed by atoms with Gasteiger partial charge in [-0.3, -0.25) is 4.79 Å². The van der Waals surface area contributed by atoms with Crippen LogP contribution >= 0.6 is 15.9 Å². The van der Waals surface area contributed by atoms with Gasteiger partial charge >= 0.3 is 0 Å². The van der Waals surface area contributed by atoms with Gasteiger partial charge in [-0.15, -0.1) is 0 Å². The highest BCUT2D eigenvalue weighted by Crippen LogP contribution is 2.38. The Kier molecular flexibility index (Phi) is 5.10. The van der Waals surface area contributed by atoms with Crippen LogP contribution in [0.15, 0.2) is 39.7 Å². The molecule has 3 aromatic rings. The summed E-state index contributed by atoms with van der Waals surface area (Å²) in [4.78, 5) is 18.4. The van der Waals surface area contributed by atoms with Gasteiger partial charge in [0.15, 0.2) is 0 Å². The summed E-state index contributed by atoms with van der Waals surface area (Å²) in [5.74, 6) is 1.65. The van der Waals surface area contributed by atoms with E-state index in [1.165, 1.54) is 43.2 Å². The van der Waals surface area contributed by atoms with Gasteiger partial charge in [-0.25, -0.2) is 4.98 Å². The summed E-state index contributed by atoms with van der Waals surface area (Å²) >= 11 is 3.60. The summed E-state index contributed by atoms with van der Waals surface area (Å²) in [6, 6.07) is 8.81. The maximum atomic E-state index is 13.6. The Labute approximate surface area is 180 Å². The quantitative estimate of drug-likeness (QED) is 0.512. The molecule has 1 aromatic carbocycles. The molecule has 0 amide bonds. The first-order chi connectivity index (χ1) is 14.2. The van der Waals surface area contributed by atoms with E-state index in [2.05, 4.69) is 45.6 Å². The second kappa shape index (κ2) is 7.75. The van der Waals surface area contributed by atoms with Crippen molar-refractivity contribution in [2.75, 3.05) is 0 Å². The average Bonchev–Trinajstić information content (AvgIpc) is 3.31. The number of hydrogen-bond acceptors (Lipinski definition) is 2. The second-order valence-electron chi connectivity index (χ2n) is 8.66. The van der Waals surface area contributed by atoms with E-state index >= 15 is 0 Å². The van der Waals surface area contributed by atoms with Crippen molar-refractivity contribution in [1.82, 2.24) is 14.1 Å². The molecule has 29 heavy (non-hydrogen) atoms. The van der Waals surface area contributed by atoms with Crippen molar-refractivity contribution in [2.24, 2.45) is 5.92 Å². The minimum atomic E-state index is 0.130. The van der Waals surface area contributed by atoms with Crippen LogP contribution in [-0.4, -0.2) is 14.1 Å². The highest BCUT2D eigenvalue weighted by atomic mass is 79.9. The predicted octanol–water partition coefficient (Wildman–Crippen LogP) is 5.64. The fourth-order valence-electron chi connectivity index (χ4n) is 5.40. The van der Waals surface area contributed by atoms with Crippen molar-refractivity contribution >= 4 is 27.0 Å². The lowest BCUT2D eigenvalue weighted by atomic mass is 9.89. The third-order valence-electron chi connectivity index (χ3n) is 6.85. The molecular weight excluding hydrogens is 426 g/mol. The standard InChI is InChI=1S/C24H28BrN3O/c1-2-22-26-20-12-13-27(15-16-6-4-3-5-7-16)24(29)23(20)28(22)21-11-8-17-14-18(25)9-10-19(17)21/h9-10,12-14,16,21H,2-8,11,15H2,1H3/t21-/m0/s1. The number of rotatable bonds is 4. The van der Waals surface area contributed by atoms with Gasteiger partial charge < -0.3 is 9.13 Å². The number of imidazole rings is 1. The zero-order chi connectivity index (χ0) is 20.0. The van der Waals surface area contributed by atoms with Gasteiger partial charge in [0.2, 0.25) is 0 Å². The first-order valence-corrected chi connectivity index (χ1v) is 11.8. The molecule has 4 nitrogen and oxygen atoms in total. The molecule has 2 aliphatic rings. The van der Waals surface area contributed by atoms with E-state index < -0.39 is 0 Å². The van der Waals surface area contributed by atoms with Crippen LogP contribution < -0.4 is 5.56 Å². The lowest BCUT2D eigenvalue weighted by Gasteiger charge is -2.22. The molecule has 5 rings (SSSR count). The Morgan fingerprint density at radius 1 is 1.14 bits per heavy atom. The molecule has 0 saturated heterocycles. The van der Waals surface area contributed by atoms with Crippen molar-refractivity contribution < 1.29 is 0 Å². The molecule has 1 saturated carbocycles. The maximum Gasteiger partial charge on any atom is 0.276 e. The Morgan fingerprint density at radius 3 is 2.76 bits per heavy atom. The minimum absolute atomic E-state index is 0.130. The molecule has 0 spiro atoms. The summed E-state index contributed by atoms with van der Waals surface area (Å²) in [5.41, 5.74) is 4.49. The maximum absolute atomic E-state index is 13.6. The van der Waals surface area contributed by atoms with Gasteiger partial charge in [0, 0.05) is 23.6 Å². The highest BCUT2D eigenvalue weighted by Gasteiger charge is 2.29. The van der Waals surface area contributed by atoms with Gasteiger partial charge in [0.25, 0.3) is 5.56 Å². The molecule has 0 radical (unpaired) electrons. The molecule has 1 atom stereocenters. The molecule has 0 N–H and O–H groups in total. The number of pyridine rings is 1. The summed E-state index contributed by atoms with van der Waals surface area (Å²) in [6.45, 7) is 2.98. The topological polar surface area (TPSA) is 39.8 Å². The monoisotopic (exact) mass is 453 g/mol. The number of halogens is 1. The Hall–Kier alpha value is -1.88. The van der Waals surface area contributed by atoms with Gasteiger partial charge in [-0.05, 0) is 60.9 Å². The van der Waals surface area contributed by atoms with Crippen LogP contribution in [0.5, 0.6) is 0 Å². The number of fused-ring (bicyclic) bond motifs is 2. The third kappa shape index (κ3) is 3.37. The average molecular weight is 454 g/mol. The van der Waals surface area contributed by atoms with Crippen molar-refractivity contribution in [3.63, 3.8) is 0 Å². The summed E-state index contributed by atoms with van der Waals surface area (Å²) in [7, 11) is 0.